The first kappa shape index (κ1) is 27.4. The summed E-state index contributed by atoms with van der Waals surface area (Å²) in [7, 11) is 0. The van der Waals surface area contributed by atoms with Crippen LogP contribution in [0.1, 0.15) is 40.2 Å². The van der Waals surface area contributed by atoms with Gasteiger partial charge in [-0.2, -0.15) is 0 Å². The highest BCUT2D eigenvalue weighted by Gasteiger charge is 2.23. The molecule has 0 aliphatic heterocycles. The molecule has 1 aromatic heterocycles. The van der Waals surface area contributed by atoms with E-state index in [1.807, 2.05) is 18.2 Å². The molecule has 3 N–H and O–H groups in total. The predicted molar refractivity (Wildman–Crippen MR) is 146 cm³/mol. The fourth-order valence-electron chi connectivity index (χ4n) is 3.94. The second-order valence-electron chi connectivity index (χ2n) is 8.80. The van der Waals surface area contributed by atoms with Crippen molar-refractivity contribution >= 4 is 35.3 Å². The Bertz CT molecular complexity index is 1470. The summed E-state index contributed by atoms with van der Waals surface area (Å²) in [5.74, 6) is -1.39. The maximum atomic E-state index is 12.8. The number of rotatable bonds is 9. The number of amides is 2. The highest BCUT2D eigenvalue weighted by Crippen LogP contribution is 2.32. The predicted octanol–water partition coefficient (Wildman–Crippen LogP) is 6.04. The zero-order valence-electron chi connectivity index (χ0n) is 21.2. The molecule has 0 radical (unpaired) electrons. The molecule has 0 aliphatic carbocycles. The molecule has 0 aliphatic rings. The molecule has 4 rings (SSSR count). The molecule has 39 heavy (non-hydrogen) atoms. The van der Waals surface area contributed by atoms with Crippen molar-refractivity contribution in [3.63, 3.8) is 0 Å². The van der Waals surface area contributed by atoms with Crippen LogP contribution in [0.2, 0.25) is 5.02 Å². The summed E-state index contributed by atoms with van der Waals surface area (Å²) < 4.78 is 10.9. The van der Waals surface area contributed by atoms with Gasteiger partial charge in [0.05, 0.1) is 0 Å². The molecular formula is C29H26ClN3O6. The number of aliphatic carboxylic acids is 1. The fraction of sp³-hybridized carbons (Fsp3) is 0.172. The van der Waals surface area contributed by atoms with Gasteiger partial charge in [-0.05, 0) is 37.6 Å². The first-order valence-electron chi connectivity index (χ1n) is 12.1. The van der Waals surface area contributed by atoms with E-state index in [1.165, 1.54) is 12.1 Å². The Hall–Kier alpha value is -4.63. The van der Waals surface area contributed by atoms with Gasteiger partial charge in [-0.1, -0.05) is 77.4 Å². The Morgan fingerprint density at radius 1 is 1.00 bits per heavy atom. The lowest BCUT2D eigenvalue weighted by Gasteiger charge is -2.15. The van der Waals surface area contributed by atoms with Crippen LogP contribution >= 0.6 is 11.6 Å². The Morgan fingerprint density at radius 2 is 1.67 bits per heavy atom. The van der Waals surface area contributed by atoms with Crippen LogP contribution in [0, 0.1) is 6.92 Å². The van der Waals surface area contributed by atoms with Gasteiger partial charge in [0.1, 0.15) is 23.5 Å². The Morgan fingerprint density at radius 3 is 2.33 bits per heavy atom. The first-order chi connectivity index (χ1) is 18.7. The quantitative estimate of drug-likeness (QED) is 0.233. The minimum Gasteiger partial charge on any atom is -0.480 e. The minimum atomic E-state index is -1.13. The molecule has 3 aromatic carbocycles. The molecular weight excluding hydrogens is 522 g/mol. The second-order valence-corrected chi connectivity index (χ2v) is 9.20. The van der Waals surface area contributed by atoms with E-state index >= 15 is 0 Å². The van der Waals surface area contributed by atoms with Crippen LogP contribution in [-0.2, 0) is 16.0 Å². The largest absolute Gasteiger partial charge is 0.480 e. The summed E-state index contributed by atoms with van der Waals surface area (Å²) in [5, 5.41) is 19.2. The van der Waals surface area contributed by atoms with Gasteiger partial charge >= 0.3 is 12.1 Å². The monoisotopic (exact) mass is 547 g/mol. The van der Waals surface area contributed by atoms with E-state index in [1.54, 1.807) is 62.4 Å². The number of nitrogens with zero attached hydrogens (tertiary/aromatic N) is 1. The molecule has 2 atom stereocenters. The minimum absolute atomic E-state index is 0.150. The molecule has 200 valence electrons. The lowest BCUT2D eigenvalue weighted by molar-refractivity contribution is -0.139. The van der Waals surface area contributed by atoms with Gasteiger partial charge in [-0.15, -0.1) is 0 Å². The number of carboxylic acid groups (broad SMARTS) is 1. The summed E-state index contributed by atoms with van der Waals surface area (Å²) >= 11 is 6.20. The first-order valence-corrected chi connectivity index (χ1v) is 12.5. The molecule has 0 bridgehead atoms. The van der Waals surface area contributed by atoms with Crippen molar-refractivity contribution in [2.75, 3.05) is 5.32 Å². The number of hydrogen-bond acceptors (Lipinski definition) is 6. The third-order valence-corrected chi connectivity index (χ3v) is 6.36. The summed E-state index contributed by atoms with van der Waals surface area (Å²) in [4.78, 5) is 37.1. The summed E-state index contributed by atoms with van der Waals surface area (Å²) in [6, 6.07) is 21.3. The van der Waals surface area contributed by atoms with E-state index < -0.39 is 30.1 Å². The number of nitrogens with one attached hydrogen (secondary N) is 2. The average molecular weight is 548 g/mol. The zero-order chi connectivity index (χ0) is 27.9. The van der Waals surface area contributed by atoms with E-state index in [4.69, 9.17) is 20.9 Å². The van der Waals surface area contributed by atoms with Crippen molar-refractivity contribution in [1.29, 1.82) is 0 Å². The molecule has 9 nitrogen and oxygen atoms in total. The van der Waals surface area contributed by atoms with Gasteiger partial charge in [-0.3, -0.25) is 10.1 Å². The zero-order valence-corrected chi connectivity index (χ0v) is 21.9. The molecule has 0 fully saturated rings. The molecule has 0 spiro atoms. The molecule has 4 aromatic rings. The Balaban J connectivity index is 1.44. The SMILES string of the molecule is Cc1noc(-c2ccc(C(=O)NC(Cc3ccccc3)C(=O)O)cc2)c1NC(=O)OC(C)c1ccccc1Cl. The smallest absolute Gasteiger partial charge is 0.412 e. The highest BCUT2D eigenvalue weighted by molar-refractivity contribution is 6.31. The van der Waals surface area contributed by atoms with Gasteiger partial charge in [0.25, 0.3) is 5.91 Å². The van der Waals surface area contributed by atoms with Crippen LogP contribution in [0.15, 0.2) is 83.4 Å². The summed E-state index contributed by atoms with van der Waals surface area (Å²) in [6.45, 7) is 3.38. The number of carbonyl (C=O) groups is 3. The van der Waals surface area contributed by atoms with Gasteiger partial charge in [0, 0.05) is 28.1 Å². The average Bonchev–Trinajstić information content (AvgIpc) is 3.28. The van der Waals surface area contributed by atoms with Gasteiger partial charge in [-0.25, -0.2) is 9.59 Å². The summed E-state index contributed by atoms with van der Waals surface area (Å²) in [6.07, 6.45) is -1.17. The number of aromatic nitrogens is 1. The number of carbonyl (C=O) groups excluding carboxylic acids is 2. The standard InChI is InChI=1S/C29H26ClN3O6/c1-17-25(32-29(37)38-18(2)22-10-6-7-11-23(22)30)26(39-33-17)20-12-14-21(15-13-20)27(34)31-24(28(35)36)16-19-8-4-3-5-9-19/h3-15,18,24H,16H2,1-2H3,(H,31,34)(H,32,37)(H,35,36). The van der Waals surface area contributed by atoms with Crippen molar-refractivity contribution in [3.05, 3.63) is 106 Å². The van der Waals surface area contributed by atoms with Crippen LogP contribution in [0.4, 0.5) is 10.5 Å². The maximum absolute atomic E-state index is 12.8. The van der Waals surface area contributed by atoms with Crippen LogP contribution in [0.5, 0.6) is 0 Å². The topological polar surface area (TPSA) is 131 Å². The van der Waals surface area contributed by atoms with Crippen LogP contribution in [0.25, 0.3) is 11.3 Å². The van der Waals surface area contributed by atoms with Crippen molar-refractivity contribution in [2.45, 2.75) is 32.4 Å². The number of carboxylic acids is 1. The number of hydrogen-bond donors (Lipinski definition) is 3. The maximum Gasteiger partial charge on any atom is 0.412 e. The van der Waals surface area contributed by atoms with Crippen molar-refractivity contribution < 1.29 is 28.8 Å². The molecule has 2 unspecified atom stereocenters. The van der Waals surface area contributed by atoms with E-state index in [0.717, 1.165) is 5.56 Å². The van der Waals surface area contributed by atoms with E-state index in [9.17, 15) is 19.5 Å². The number of anilines is 1. The third kappa shape index (κ3) is 6.82. The van der Waals surface area contributed by atoms with Gasteiger partial charge in [0.2, 0.25) is 0 Å². The number of ether oxygens (including phenoxy) is 1. The number of halogens is 1. The Labute approximate surface area is 229 Å². The molecule has 0 saturated carbocycles. The van der Waals surface area contributed by atoms with Crippen molar-refractivity contribution in [1.82, 2.24) is 10.5 Å². The second kappa shape index (κ2) is 12.3. The van der Waals surface area contributed by atoms with E-state index in [0.29, 0.717) is 27.5 Å². The lowest BCUT2D eigenvalue weighted by atomic mass is 10.0. The number of aryl methyl sites for hydroxylation is 1. The molecule has 0 saturated heterocycles. The highest BCUT2D eigenvalue weighted by atomic mass is 35.5. The summed E-state index contributed by atoms with van der Waals surface area (Å²) in [5.41, 5.74) is 3.01. The Kier molecular flexibility index (Phi) is 8.63. The molecule has 10 heteroatoms. The van der Waals surface area contributed by atoms with Crippen LogP contribution < -0.4 is 10.6 Å². The normalized spacial score (nSPS) is 12.3. The van der Waals surface area contributed by atoms with Crippen molar-refractivity contribution in [3.8, 4) is 11.3 Å². The lowest BCUT2D eigenvalue weighted by Crippen LogP contribution is -2.42. The van der Waals surface area contributed by atoms with Gasteiger partial charge < -0.3 is 19.7 Å². The van der Waals surface area contributed by atoms with Crippen LogP contribution in [-0.4, -0.2) is 34.3 Å². The fourth-order valence-corrected chi connectivity index (χ4v) is 4.23. The van der Waals surface area contributed by atoms with E-state index in [2.05, 4.69) is 15.8 Å². The third-order valence-electron chi connectivity index (χ3n) is 6.01. The van der Waals surface area contributed by atoms with Gasteiger partial charge in [0.15, 0.2) is 5.76 Å². The number of benzene rings is 3. The van der Waals surface area contributed by atoms with E-state index in [-0.39, 0.29) is 17.7 Å². The molecule has 1 heterocycles. The van der Waals surface area contributed by atoms with Crippen molar-refractivity contribution in [2.24, 2.45) is 0 Å². The molecule has 2 amide bonds. The van der Waals surface area contributed by atoms with Crippen LogP contribution in [0.3, 0.4) is 0 Å².